The van der Waals surface area contributed by atoms with Crippen LogP contribution in [0.2, 0.25) is 0 Å². The molecule has 0 aliphatic rings. The Morgan fingerprint density at radius 3 is 2.93 bits per heavy atom. The van der Waals surface area contributed by atoms with E-state index < -0.39 is 5.82 Å². The molecular formula is C9H6FN3O. The first-order chi connectivity index (χ1) is 6.77. The molecule has 0 aliphatic carbocycles. The molecule has 0 aliphatic heterocycles. The number of H-pyrrole nitrogens is 1. The predicted molar refractivity (Wildman–Crippen MR) is 46.2 cm³/mol. The molecule has 0 atom stereocenters. The quantitative estimate of drug-likeness (QED) is 0.725. The summed E-state index contributed by atoms with van der Waals surface area (Å²) in [4.78, 5) is 21.5. The number of ketones is 1. The van der Waals surface area contributed by atoms with E-state index in [1.54, 1.807) is 0 Å². The zero-order chi connectivity index (χ0) is 9.97. The van der Waals surface area contributed by atoms with E-state index in [9.17, 15) is 9.18 Å². The van der Waals surface area contributed by atoms with Gasteiger partial charge in [-0.3, -0.25) is 9.78 Å². The highest BCUT2D eigenvalue weighted by Gasteiger charge is 2.11. The molecule has 5 heteroatoms. The SMILES string of the molecule is O=C(c1cncc(F)c1)c1ncc[nH]1. The van der Waals surface area contributed by atoms with E-state index in [0.29, 0.717) is 0 Å². The summed E-state index contributed by atoms with van der Waals surface area (Å²) in [5.41, 5.74) is 0.181. The van der Waals surface area contributed by atoms with E-state index >= 15 is 0 Å². The van der Waals surface area contributed by atoms with Gasteiger partial charge >= 0.3 is 0 Å². The molecule has 0 spiro atoms. The smallest absolute Gasteiger partial charge is 0.229 e. The molecule has 0 amide bonds. The van der Waals surface area contributed by atoms with Crippen LogP contribution in [0.3, 0.4) is 0 Å². The Kier molecular flexibility index (Phi) is 2.06. The molecule has 0 fully saturated rings. The van der Waals surface area contributed by atoms with E-state index in [0.717, 1.165) is 12.3 Å². The first-order valence-corrected chi connectivity index (χ1v) is 3.92. The Morgan fingerprint density at radius 1 is 1.43 bits per heavy atom. The van der Waals surface area contributed by atoms with Crippen molar-refractivity contribution in [3.63, 3.8) is 0 Å². The Hall–Kier alpha value is -2.04. The van der Waals surface area contributed by atoms with Crippen LogP contribution in [0.1, 0.15) is 16.2 Å². The molecule has 70 valence electrons. The van der Waals surface area contributed by atoms with Crippen molar-refractivity contribution in [1.82, 2.24) is 15.0 Å². The van der Waals surface area contributed by atoms with E-state index in [2.05, 4.69) is 15.0 Å². The number of pyridine rings is 1. The van der Waals surface area contributed by atoms with Gasteiger partial charge in [-0.1, -0.05) is 0 Å². The minimum atomic E-state index is -0.539. The lowest BCUT2D eigenvalue weighted by Crippen LogP contribution is -2.04. The summed E-state index contributed by atoms with van der Waals surface area (Å²) in [5.74, 6) is -0.734. The Balaban J connectivity index is 2.37. The van der Waals surface area contributed by atoms with E-state index in [-0.39, 0.29) is 17.2 Å². The van der Waals surface area contributed by atoms with Crippen molar-refractivity contribution in [2.45, 2.75) is 0 Å². The fourth-order valence-electron chi connectivity index (χ4n) is 1.06. The number of halogens is 1. The number of hydrogen-bond donors (Lipinski definition) is 1. The van der Waals surface area contributed by atoms with Gasteiger partial charge < -0.3 is 4.98 Å². The molecule has 2 aromatic rings. The molecule has 1 N–H and O–H groups in total. The van der Waals surface area contributed by atoms with Gasteiger partial charge in [-0.25, -0.2) is 9.37 Å². The molecule has 2 rings (SSSR count). The van der Waals surface area contributed by atoms with Crippen LogP contribution in [0.5, 0.6) is 0 Å². The lowest BCUT2D eigenvalue weighted by atomic mass is 10.2. The van der Waals surface area contributed by atoms with Crippen LogP contribution in [0.15, 0.2) is 30.9 Å². The van der Waals surface area contributed by atoms with Crippen LogP contribution in [0.25, 0.3) is 0 Å². The molecule has 2 aromatic heterocycles. The number of hydrogen-bond acceptors (Lipinski definition) is 3. The molecule has 0 aromatic carbocycles. The summed E-state index contributed by atoms with van der Waals surface area (Å²) >= 11 is 0. The van der Waals surface area contributed by atoms with Crippen molar-refractivity contribution in [3.05, 3.63) is 48.1 Å². The maximum Gasteiger partial charge on any atom is 0.229 e. The summed E-state index contributed by atoms with van der Waals surface area (Å²) in [7, 11) is 0. The Labute approximate surface area is 78.8 Å². The Bertz CT molecular complexity index is 453. The molecule has 14 heavy (non-hydrogen) atoms. The normalized spacial score (nSPS) is 10.1. The number of carbonyl (C=O) groups is 1. The average molecular weight is 191 g/mol. The van der Waals surface area contributed by atoms with Crippen LogP contribution < -0.4 is 0 Å². The molecular weight excluding hydrogens is 185 g/mol. The minimum Gasteiger partial charge on any atom is -0.342 e. The number of aromatic amines is 1. The molecule has 4 nitrogen and oxygen atoms in total. The van der Waals surface area contributed by atoms with Gasteiger partial charge in [0.1, 0.15) is 5.82 Å². The van der Waals surface area contributed by atoms with E-state index in [1.165, 1.54) is 18.6 Å². The summed E-state index contributed by atoms with van der Waals surface area (Å²) in [6, 6.07) is 1.12. The van der Waals surface area contributed by atoms with Gasteiger partial charge in [0.15, 0.2) is 5.82 Å². The van der Waals surface area contributed by atoms with Gasteiger partial charge in [0, 0.05) is 24.2 Å². The number of rotatable bonds is 2. The van der Waals surface area contributed by atoms with Crippen LogP contribution in [0, 0.1) is 5.82 Å². The van der Waals surface area contributed by atoms with Crippen molar-refractivity contribution in [2.75, 3.05) is 0 Å². The maximum absolute atomic E-state index is 12.7. The van der Waals surface area contributed by atoms with Gasteiger partial charge in [-0.15, -0.1) is 0 Å². The third-order valence-corrected chi connectivity index (χ3v) is 1.68. The highest BCUT2D eigenvalue weighted by molar-refractivity contribution is 6.06. The van der Waals surface area contributed by atoms with Gasteiger partial charge in [0.2, 0.25) is 5.78 Å². The lowest BCUT2D eigenvalue weighted by molar-refractivity contribution is 0.102. The molecule has 0 radical (unpaired) electrons. The van der Waals surface area contributed by atoms with Crippen molar-refractivity contribution in [2.24, 2.45) is 0 Å². The predicted octanol–water partition coefficient (Wildman–Crippen LogP) is 1.17. The second kappa shape index (κ2) is 3.37. The summed E-state index contributed by atoms with van der Waals surface area (Å²) in [5, 5.41) is 0. The zero-order valence-electron chi connectivity index (χ0n) is 7.07. The second-order valence-corrected chi connectivity index (χ2v) is 2.66. The fraction of sp³-hybridized carbons (Fsp3) is 0. The van der Waals surface area contributed by atoms with Crippen LogP contribution >= 0.6 is 0 Å². The minimum absolute atomic E-state index is 0.178. The number of nitrogens with one attached hydrogen (secondary N) is 1. The number of nitrogens with zero attached hydrogens (tertiary/aromatic N) is 2. The first kappa shape index (κ1) is 8.55. The van der Waals surface area contributed by atoms with Crippen LogP contribution in [-0.2, 0) is 0 Å². The van der Waals surface area contributed by atoms with E-state index in [1.807, 2.05) is 0 Å². The third-order valence-electron chi connectivity index (χ3n) is 1.68. The number of carbonyl (C=O) groups excluding carboxylic acids is 1. The van der Waals surface area contributed by atoms with Gasteiger partial charge in [-0.2, -0.15) is 0 Å². The summed E-state index contributed by atoms with van der Waals surface area (Å²) in [6.07, 6.45) is 5.33. The fourth-order valence-corrected chi connectivity index (χ4v) is 1.06. The van der Waals surface area contributed by atoms with Crippen molar-refractivity contribution in [3.8, 4) is 0 Å². The largest absolute Gasteiger partial charge is 0.342 e. The monoisotopic (exact) mass is 191 g/mol. The Morgan fingerprint density at radius 2 is 2.29 bits per heavy atom. The molecule has 0 saturated carbocycles. The van der Waals surface area contributed by atoms with Crippen molar-refractivity contribution >= 4 is 5.78 Å². The van der Waals surface area contributed by atoms with Gasteiger partial charge in [0.25, 0.3) is 0 Å². The summed E-state index contributed by atoms with van der Waals surface area (Å²) < 4.78 is 12.7. The highest BCUT2D eigenvalue weighted by atomic mass is 19.1. The topological polar surface area (TPSA) is 58.6 Å². The highest BCUT2D eigenvalue weighted by Crippen LogP contribution is 2.05. The lowest BCUT2D eigenvalue weighted by Gasteiger charge is -1.96. The molecule has 0 unspecified atom stereocenters. The first-order valence-electron chi connectivity index (χ1n) is 3.92. The molecule has 0 bridgehead atoms. The number of imidazole rings is 1. The summed E-state index contributed by atoms with van der Waals surface area (Å²) in [6.45, 7) is 0. The standard InChI is InChI=1S/C9H6FN3O/c10-7-3-6(4-11-5-7)8(14)9-12-1-2-13-9/h1-5H,(H,12,13). The average Bonchev–Trinajstić information content (AvgIpc) is 2.69. The zero-order valence-corrected chi connectivity index (χ0v) is 7.07. The van der Waals surface area contributed by atoms with Crippen molar-refractivity contribution < 1.29 is 9.18 Å². The van der Waals surface area contributed by atoms with Crippen LogP contribution in [-0.4, -0.2) is 20.7 Å². The van der Waals surface area contributed by atoms with E-state index in [4.69, 9.17) is 0 Å². The van der Waals surface area contributed by atoms with Gasteiger partial charge in [-0.05, 0) is 6.07 Å². The molecule has 2 heterocycles. The van der Waals surface area contributed by atoms with Gasteiger partial charge in [0.05, 0.1) is 6.20 Å². The second-order valence-electron chi connectivity index (χ2n) is 2.66. The third kappa shape index (κ3) is 1.52. The maximum atomic E-state index is 12.7. The molecule has 0 saturated heterocycles. The van der Waals surface area contributed by atoms with Crippen LogP contribution in [0.4, 0.5) is 4.39 Å². The number of aromatic nitrogens is 3. The van der Waals surface area contributed by atoms with Crippen molar-refractivity contribution in [1.29, 1.82) is 0 Å².